The van der Waals surface area contributed by atoms with Gasteiger partial charge in [-0.2, -0.15) is 0 Å². The maximum Gasteiger partial charge on any atom is 0.290 e. The van der Waals surface area contributed by atoms with Crippen LogP contribution in [-0.4, -0.2) is 44.1 Å². The van der Waals surface area contributed by atoms with Crippen molar-refractivity contribution in [2.75, 3.05) is 38.2 Å². The number of fused-ring (bicyclic) bond motifs is 1. The van der Waals surface area contributed by atoms with E-state index in [1.807, 2.05) is 36.1 Å². The molecule has 0 radical (unpaired) electrons. The number of methoxy groups -OCH3 is 1. The van der Waals surface area contributed by atoms with Crippen LogP contribution in [0.25, 0.3) is 11.0 Å². The predicted octanol–water partition coefficient (Wildman–Crippen LogP) is 3.85. The number of para-hydroxylation sites is 1. The first-order chi connectivity index (χ1) is 13.1. The van der Waals surface area contributed by atoms with Gasteiger partial charge in [-0.1, -0.05) is 12.1 Å². The van der Waals surface area contributed by atoms with Crippen molar-refractivity contribution in [2.45, 2.75) is 6.92 Å². The molecule has 0 bridgehead atoms. The molecule has 4 rings (SSSR count). The van der Waals surface area contributed by atoms with Crippen LogP contribution in [0, 0.1) is 12.7 Å². The second-order valence-electron chi connectivity index (χ2n) is 6.65. The van der Waals surface area contributed by atoms with Gasteiger partial charge in [-0.15, -0.1) is 0 Å². The third-order valence-corrected chi connectivity index (χ3v) is 5.10. The van der Waals surface area contributed by atoms with Gasteiger partial charge in [-0.3, -0.25) is 4.79 Å². The van der Waals surface area contributed by atoms with E-state index in [4.69, 9.17) is 9.15 Å². The molecule has 1 fully saturated rings. The highest BCUT2D eigenvalue weighted by Gasteiger charge is 2.27. The molecule has 2 heterocycles. The molecule has 0 saturated carbocycles. The molecule has 3 aromatic rings. The molecule has 1 aromatic heterocycles. The van der Waals surface area contributed by atoms with Crippen LogP contribution in [0.5, 0.6) is 5.75 Å². The number of ether oxygens (including phenoxy) is 1. The first-order valence-electron chi connectivity index (χ1n) is 8.94. The Balaban J connectivity index is 1.52. The highest BCUT2D eigenvalue weighted by atomic mass is 19.1. The molecule has 0 N–H and O–H groups in total. The molecule has 5 nitrogen and oxygen atoms in total. The summed E-state index contributed by atoms with van der Waals surface area (Å²) in [4.78, 5) is 16.7. The summed E-state index contributed by atoms with van der Waals surface area (Å²) in [6, 6.07) is 12.2. The first-order valence-corrected chi connectivity index (χ1v) is 8.94. The molecule has 1 amide bonds. The van der Waals surface area contributed by atoms with Gasteiger partial charge in [0.05, 0.1) is 12.8 Å². The Morgan fingerprint density at radius 3 is 2.56 bits per heavy atom. The SMILES string of the molecule is COc1ccc2oc(C(=O)N3CCN(c4ccccc4F)CC3)c(C)c2c1. The number of hydrogen-bond donors (Lipinski definition) is 0. The fourth-order valence-corrected chi connectivity index (χ4v) is 3.53. The topological polar surface area (TPSA) is 45.9 Å². The quantitative estimate of drug-likeness (QED) is 0.704. The zero-order chi connectivity index (χ0) is 19.0. The summed E-state index contributed by atoms with van der Waals surface area (Å²) in [5.74, 6) is 0.719. The summed E-state index contributed by atoms with van der Waals surface area (Å²) in [5.41, 5.74) is 2.06. The average molecular weight is 368 g/mol. The van der Waals surface area contributed by atoms with E-state index in [1.165, 1.54) is 6.07 Å². The lowest BCUT2D eigenvalue weighted by Gasteiger charge is -2.35. The van der Waals surface area contributed by atoms with E-state index in [0.29, 0.717) is 43.2 Å². The molecule has 140 valence electrons. The molecule has 0 spiro atoms. The van der Waals surface area contributed by atoms with Gasteiger partial charge in [0, 0.05) is 37.1 Å². The Labute approximate surface area is 156 Å². The van der Waals surface area contributed by atoms with Gasteiger partial charge in [-0.25, -0.2) is 4.39 Å². The Kier molecular flexibility index (Phi) is 4.48. The van der Waals surface area contributed by atoms with Crippen molar-refractivity contribution < 1.29 is 18.3 Å². The minimum Gasteiger partial charge on any atom is -0.497 e. The van der Waals surface area contributed by atoms with Crippen molar-refractivity contribution in [3.63, 3.8) is 0 Å². The number of piperazine rings is 1. The lowest BCUT2D eigenvalue weighted by Crippen LogP contribution is -2.49. The predicted molar refractivity (Wildman–Crippen MR) is 102 cm³/mol. The van der Waals surface area contributed by atoms with E-state index in [9.17, 15) is 9.18 Å². The van der Waals surface area contributed by atoms with E-state index >= 15 is 0 Å². The van der Waals surface area contributed by atoms with Crippen LogP contribution in [0.2, 0.25) is 0 Å². The largest absolute Gasteiger partial charge is 0.497 e. The standard InChI is InChI=1S/C21H21FN2O3/c1-14-16-13-15(26-2)7-8-19(16)27-20(14)21(25)24-11-9-23(10-12-24)18-6-4-3-5-17(18)22/h3-8,13H,9-12H2,1-2H3. The Bertz CT molecular complexity index is 990. The summed E-state index contributed by atoms with van der Waals surface area (Å²) in [7, 11) is 1.61. The van der Waals surface area contributed by atoms with Crippen molar-refractivity contribution in [2.24, 2.45) is 0 Å². The summed E-state index contributed by atoms with van der Waals surface area (Å²) in [5, 5.41) is 0.877. The molecule has 1 saturated heterocycles. The number of halogens is 1. The van der Waals surface area contributed by atoms with Crippen molar-refractivity contribution in [1.82, 2.24) is 4.90 Å². The molecular formula is C21H21FN2O3. The number of benzene rings is 2. The number of hydrogen-bond acceptors (Lipinski definition) is 4. The first kappa shape index (κ1) is 17.4. The van der Waals surface area contributed by atoms with Gasteiger partial charge in [0.15, 0.2) is 5.76 Å². The Morgan fingerprint density at radius 1 is 1.11 bits per heavy atom. The van der Waals surface area contributed by atoms with Gasteiger partial charge in [0.2, 0.25) is 0 Å². The Hall–Kier alpha value is -3.02. The molecule has 2 aromatic carbocycles. The summed E-state index contributed by atoms with van der Waals surface area (Å²) in [6.07, 6.45) is 0. The number of aryl methyl sites for hydroxylation is 1. The molecule has 1 aliphatic rings. The van der Waals surface area contributed by atoms with E-state index in [2.05, 4.69) is 0 Å². The minimum absolute atomic E-state index is 0.129. The minimum atomic E-state index is -0.237. The number of rotatable bonds is 3. The van der Waals surface area contributed by atoms with Gasteiger partial charge >= 0.3 is 0 Å². The van der Waals surface area contributed by atoms with Crippen LogP contribution < -0.4 is 9.64 Å². The van der Waals surface area contributed by atoms with E-state index in [0.717, 1.165) is 16.7 Å². The van der Waals surface area contributed by atoms with Crippen LogP contribution in [-0.2, 0) is 0 Å². The number of carbonyl (C=O) groups is 1. The number of nitrogens with zero attached hydrogens (tertiary/aromatic N) is 2. The fraction of sp³-hybridized carbons (Fsp3) is 0.286. The van der Waals surface area contributed by atoms with Crippen LogP contribution >= 0.6 is 0 Å². The van der Waals surface area contributed by atoms with Crippen LogP contribution in [0.4, 0.5) is 10.1 Å². The van der Waals surface area contributed by atoms with E-state index in [-0.39, 0.29) is 11.7 Å². The van der Waals surface area contributed by atoms with Crippen LogP contribution in [0.3, 0.4) is 0 Å². The molecule has 27 heavy (non-hydrogen) atoms. The average Bonchev–Trinajstić information content (AvgIpc) is 3.04. The number of carbonyl (C=O) groups excluding carboxylic acids is 1. The zero-order valence-corrected chi connectivity index (χ0v) is 15.4. The molecule has 0 aliphatic carbocycles. The van der Waals surface area contributed by atoms with Crippen molar-refractivity contribution in [3.05, 3.63) is 59.6 Å². The maximum atomic E-state index is 14.0. The van der Waals surface area contributed by atoms with Gasteiger partial charge < -0.3 is 19.0 Å². The lowest BCUT2D eigenvalue weighted by molar-refractivity contribution is 0.0716. The monoisotopic (exact) mass is 368 g/mol. The fourth-order valence-electron chi connectivity index (χ4n) is 3.53. The van der Waals surface area contributed by atoms with Crippen LogP contribution in [0.1, 0.15) is 16.1 Å². The third kappa shape index (κ3) is 3.12. The number of amides is 1. The number of furan rings is 1. The zero-order valence-electron chi connectivity index (χ0n) is 15.4. The van der Waals surface area contributed by atoms with Gasteiger partial charge in [-0.05, 0) is 37.3 Å². The molecule has 0 unspecified atom stereocenters. The van der Waals surface area contributed by atoms with Crippen LogP contribution in [0.15, 0.2) is 46.9 Å². The smallest absolute Gasteiger partial charge is 0.290 e. The Morgan fingerprint density at radius 2 is 1.85 bits per heavy atom. The van der Waals surface area contributed by atoms with E-state index < -0.39 is 0 Å². The molecular weight excluding hydrogens is 347 g/mol. The summed E-state index contributed by atoms with van der Waals surface area (Å²) >= 11 is 0. The third-order valence-electron chi connectivity index (χ3n) is 5.10. The molecule has 1 aliphatic heterocycles. The second kappa shape index (κ2) is 6.95. The molecule has 0 atom stereocenters. The van der Waals surface area contributed by atoms with Gasteiger partial charge in [0.1, 0.15) is 17.1 Å². The summed E-state index contributed by atoms with van der Waals surface area (Å²) in [6.45, 7) is 4.09. The normalized spacial score (nSPS) is 14.6. The van der Waals surface area contributed by atoms with E-state index in [1.54, 1.807) is 24.1 Å². The molecule has 6 heteroatoms. The number of anilines is 1. The lowest BCUT2D eigenvalue weighted by atomic mass is 10.1. The van der Waals surface area contributed by atoms with Crippen molar-refractivity contribution in [1.29, 1.82) is 0 Å². The highest BCUT2D eigenvalue weighted by Crippen LogP contribution is 2.30. The van der Waals surface area contributed by atoms with Gasteiger partial charge in [0.25, 0.3) is 5.91 Å². The van der Waals surface area contributed by atoms with Crippen molar-refractivity contribution >= 4 is 22.6 Å². The van der Waals surface area contributed by atoms with Crippen molar-refractivity contribution in [3.8, 4) is 5.75 Å². The highest BCUT2D eigenvalue weighted by molar-refractivity contribution is 5.99. The maximum absolute atomic E-state index is 14.0. The summed E-state index contributed by atoms with van der Waals surface area (Å²) < 4.78 is 25.1. The second-order valence-corrected chi connectivity index (χ2v) is 6.65.